The number of carbonyl (C=O) groups is 1. The Bertz CT molecular complexity index is 698. The van der Waals surface area contributed by atoms with Gasteiger partial charge in [0.15, 0.2) is 5.65 Å². The fourth-order valence-corrected chi connectivity index (χ4v) is 2.17. The topological polar surface area (TPSA) is 106 Å². The van der Waals surface area contributed by atoms with Crippen molar-refractivity contribution in [2.24, 2.45) is 12.8 Å². The first kappa shape index (κ1) is 13.3. The number of amides is 1. The van der Waals surface area contributed by atoms with Crippen LogP contribution in [0, 0.1) is 13.8 Å². The van der Waals surface area contributed by atoms with Crippen molar-refractivity contribution in [3.8, 4) is 0 Å². The Labute approximate surface area is 109 Å². The van der Waals surface area contributed by atoms with Crippen LogP contribution in [0.15, 0.2) is 4.79 Å². The fourth-order valence-electron chi connectivity index (χ4n) is 2.17. The van der Waals surface area contributed by atoms with Crippen LogP contribution in [-0.4, -0.2) is 27.2 Å². The molecule has 7 heteroatoms. The van der Waals surface area contributed by atoms with Gasteiger partial charge in [0.25, 0.3) is 5.56 Å². The molecule has 2 heterocycles. The summed E-state index contributed by atoms with van der Waals surface area (Å²) < 4.78 is 1.60. The number of hydrogen-bond acceptors (Lipinski definition) is 4. The van der Waals surface area contributed by atoms with Gasteiger partial charge in [-0.1, -0.05) is 0 Å². The van der Waals surface area contributed by atoms with Gasteiger partial charge in [0.1, 0.15) is 0 Å². The lowest BCUT2D eigenvalue weighted by molar-refractivity contribution is -0.119. The summed E-state index contributed by atoms with van der Waals surface area (Å²) >= 11 is 0. The molecule has 0 aliphatic heterocycles. The van der Waals surface area contributed by atoms with Crippen LogP contribution in [0.1, 0.15) is 16.8 Å². The maximum atomic E-state index is 11.9. The number of H-pyrrole nitrogens is 1. The average Bonchev–Trinajstić information content (AvgIpc) is 2.63. The molecule has 2 aromatic heterocycles. The molecule has 0 saturated carbocycles. The molecule has 0 unspecified atom stereocenters. The third-order valence-electron chi connectivity index (χ3n) is 3.22. The highest BCUT2D eigenvalue weighted by molar-refractivity contribution is 5.81. The molecule has 7 nitrogen and oxygen atoms in total. The molecule has 102 valence electrons. The minimum Gasteiger partial charge on any atom is -0.351 e. The number of aromatic amines is 1. The van der Waals surface area contributed by atoms with Crippen LogP contribution in [0.3, 0.4) is 0 Å². The van der Waals surface area contributed by atoms with Gasteiger partial charge in [-0.25, -0.2) is 4.98 Å². The molecule has 0 atom stereocenters. The van der Waals surface area contributed by atoms with Crippen LogP contribution in [0.2, 0.25) is 0 Å². The van der Waals surface area contributed by atoms with Crippen molar-refractivity contribution in [1.29, 1.82) is 0 Å². The summed E-state index contributed by atoms with van der Waals surface area (Å²) in [7, 11) is 1.74. The van der Waals surface area contributed by atoms with Crippen molar-refractivity contribution in [1.82, 2.24) is 20.1 Å². The SMILES string of the molecule is Cc1nc2c(c(C)c1CNC(=O)CN)c(=O)[nH]n2C. The molecule has 0 aliphatic rings. The van der Waals surface area contributed by atoms with Crippen molar-refractivity contribution in [2.75, 3.05) is 6.54 Å². The first-order valence-corrected chi connectivity index (χ1v) is 5.97. The maximum absolute atomic E-state index is 11.9. The Morgan fingerprint density at radius 3 is 2.79 bits per heavy atom. The second kappa shape index (κ2) is 4.85. The smallest absolute Gasteiger partial charge is 0.273 e. The summed E-state index contributed by atoms with van der Waals surface area (Å²) in [6.45, 7) is 3.98. The lowest BCUT2D eigenvalue weighted by atomic mass is 10.0. The molecule has 1 amide bonds. The van der Waals surface area contributed by atoms with E-state index in [4.69, 9.17) is 5.73 Å². The van der Waals surface area contributed by atoms with Crippen molar-refractivity contribution < 1.29 is 4.79 Å². The van der Waals surface area contributed by atoms with E-state index in [1.54, 1.807) is 11.7 Å². The molecule has 4 N–H and O–H groups in total. The number of hydrogen-bond donors (Lipinski definition) is 3. The van der Waals surface area contributed by atoms with Crippen molar-refractivity contribution in [3.05, 3.63) is 27.2 Å². The maximum Gasteiger partial charge on any atom is 0.273 e. The van der Waals surface area contributed by atoms with Gasteiger partial charge in [-0.3, -0.25) is 19.4 Å². The number of aromatic nitrogens is 3. The number of rotatable bonds is 3. The van der Waals surface area contributed by atoms with E-state index in [0.717, 1.165) is 16.8 Å². The molecule has 19 heavy (non-hydrogen) atoms. The summed E-state index contributed by atoms with van der Waals surface area (Å²) in [6.07, 6.45) is 0. The van der Waals surface area contributed by atoms with E-state index in [0.29, 0.717) is 17.6 Å². The number of nitrogens with zero attached hydrogens (tertiary/aromatic N) is 2. The molecular weight excluding hydrogens is 246 g/mol. The van der Waals surface area contributed by atoms with Gasteiger partial charge < -0.3 is 11.1 Å². The van der Waals surface area contributed by atoms with E-state index < -0.39 is 0 Å². The molecule has 0 saturated heterocycles. The highest BCUT2D eigenvalue weighted by Gasteiger charge is 2.15. The van der Waals surface area contributed by atoms with E-state index in [9.17, 15) is 9.59 Å². The zero-order valence-electron chi connectivity index (χ0n) is 11.2. The van der Waals surface area contributed by atoms with Crippen LogP contribution >= 0.6 is 0 Å². The van der Waals surface area contributed by atoms with Gasteiger partial charge >= 0.3 is 0 Å². The Kier molecular flexibility index (Phi) is 3.39. The molecule has 0 bridgehead atoms. The Morgan fingerprint density at radius 2 is 2.16 bits per heavy atom. The van der Waals surface area contributed by atoms with Gasteiger partial charge in [0, 0.05) is 19.3 Å². The first-order valence-electron chi connectivity index (χ1n) is 5.97. The molecule has 2 aromatic rings. The predicted octanol–water partition coefficient (Wildman–Crippen LogP) is -0.547. The number of nitrogens with two attached hydrogens (primary N) is 1. The van der Waals surface area contributed by atoms with Crippen molar-refractivity contribution in [3.63, 3.8) is 0 Å². The van der Waals surface area contributed by atoms with Crippen LogP contribution in [0.4, 0.5) is 0 Å². The predicted molar refractivity (Wildman–Crippen MR) is 71.7 cm³/mol. The lowest BCUT2D eigenvalue weighted by Crippen LogP contribution is -2.30. The third kappa shape index (κ3) is 2.24. The largest absolute Gasteiger partial charge is 0.351 e. The average molecular weight is 263 g/mol. The Hall–Kier alpha value is -2.15. The van der Waals surface area contributed by atoms with Gasteiger partial charge in [-0.15, -0.1) is 0 Å². The van der Waals surface area contributed by atoms with E-state index in [-0.39, 0.29) is 18.0 Å². The first-order chi connectivity index (χ1) is 8.95. The van der Waals surface area contributed by atoms with Crippen LogP contribution in [-0.2, 0) is 18.4 Å². The Morgan fingerprint density at radius 1 is 1.47 bits per heavy atom. The summed E-state index contributed by atoms with van der Waals surface area (Å²) in [6, 6.07) is 0. The zero-order valence-corrected chi connectivity index (χ0v) is 11.2. The zero-order chi connectivity index (χ0) is 14.2. The summed E-state index contributed by atoms with van der Waals surface area (Å²) in [4.78, 5) is 27.5. The number of aryl methyl sites for hydroxylation is 3. The standard InChI is InChI=1S/C12H17N5O2/c1-6-8(5-14-9(18)4-13)7(2)15-11-10(6)12(19)16-17(11)3/h4-5,13H2,1-3H3,(H,14,18)(H,16,19). The minimum atomic E-state index is -0.235. The number of carbonyl (C=O) groups excluding carboxylic acids is 1. The Balaban J connectivity index is 2.53. The van der Waals surface area contributed by atoms with Gasteiger partial charge in [0.05, 0.1) is 11.9 Å². The second-order valence-corrected chi connectivity index (χ2v) is 4.48. The van der Waals surface area contributed by atoms with E-state index >= 15 is 0 Å². The van der Waals surface area contributed by atoms with E-state index in [2.05, 4.69) is 15.4 Å². The van der Waals surface area contributed by atoms with Gasteiger partial charge in [0.2, 0.25) is 5.91 Å². The van der Waals surface area contributed by atoms with Gasteiger partial charge in [-0.05, 0) is 25.0 Å². The highest BCUT2D eigenvalue weighted by atomic mass is 16.1. The quantitative estimate of drug-likeness (QED) is 0.691. The monoisotopic (exact) mass is 263 g/mol. The lowest BCUT2D eigenvalue weighted by Gasteiger charge is -2.11. The van der Waals surface area contributed by atoms with Gasteiger partial charge in [-0.2, -0.15) is 0 Å². The molecule has 0 fully saturated rings. The molecule has 0 spiro atoms. The van der Waals surface area contributed by atoms with E-state index in [1.165, 1.54) is 0 Å². The van der Waals surface area contributed by atoms with Crippen LogP contribution in [0.5, 0.6) is 0 Å². The summed E-state index contributed by atoms with van der Waals surface area (Å²) in [5.74, 6) is -0.235. The molecule has 0 aliphatic carbocycles. The molecule has 0 radical (unpaired) electrons. The molecule has 0 aromatic carbocycles. The summed E-state index contributed by atoms with van der Waals surface area (Å²) in [5, 5.41) is 5.94. The second-order valence-electron chi connectivity index (χ2n) is 4.48. The number of fused-ring (bicyclic) bond motifs is 1. The van der Waals surface area contributed by atoms with E-state index in [1.807, 2.05) is 13.8 Å². The van der Waals surface area contributed by atoms with Crippen LogP contribution in [0.25, 0.3) is 11.0 Å². The third-order valence-corrected chi connectivity index (χ3v) is 3.22. The highest BCUT2D eigenvalue weighted by Crippen LogP contribution is 2.19. The minimum absolute atomic E-state index is 0.0559. The van der Waals surface area contributed by atoms with Crippen LogP contribution < -0.4 is 16.6 Å². The number of nitrogens with one attached hydrogen (secondary N) is 2. The number of pyridine rings is 1. The normalized spacial score (nSPS) is 10.9. The summed E-state index contributed by atoms with van der Waals surface area (Å²) in [5.41, 5.74) is 8.17. The van der Waals surface area contributed by atoms with Crippen molar-refractivity contribution >= 4 is 16.9 Å². The molecular formula is C12H17N5O2. The molecule has 2 rings (SSSR count). The fraction of sp³-hybridized carbons (Fsp3) is 0.417. The van der Waals surface area contributed by atoms with Crippen molar-refractivity contribution in [2.45, 2.75) is 20.4 Å².